The molecule has 0 N–H and O–H groups in total. The summed E-state index contributed by atoms with van der Waals surface area (Å²) < 4.78 is 9.38. The van der Waals surface area contributed by atoms with Gasteiger partial charge in [-0.2, -0.15) is 0 Å². The summed E-state index contributed by atoms with van der Waals surface area (Å²) in [6.45, 7) is 5.44. The van der Waals surface area contributed by atoms with E-state index in [4.69, 9.17) is 3.07 Å². The zero-order chi connectivity index (χ0) is 17.0. The minimum atomic E-state index is -1.69. The van der Waals surface area contributed by atoms with Gasteiger partial charge in [0.2, 0.25) is 0 Å². The van der Waals surface area contributed by atoms with Crippen molar-refractivity contribution in [2.45, 2.75) is 54.3 Å². The van der Waals surface area contributed by atoms with Crippen LogP contribution in [0.4, 0.5) is 0 Å². The molecule has 2 rings (SSSR count). The number of hydrogen-bond acceptors (Lipinski definition) is 1. The summed E-state index contributed by atoms with van der Waals surface area (Å²) in [6, 6.07) is 21.7. The Morgan fingerprint density at radius 2 is 1.21 bits per heavy atom. The maximum absolute atomic E-state index is 6.61. The molecule has 0 aliphatic carbocycles. The summed E-state index contributed by atoms with van der Waals surface area (Å²) in [5.41, 5.74) is 2.75. The molecule has 0 saturated carbocycles. The molecule has 1 radical (unpaired) electrons. The summed E-state index contributed by atoms with van der Waals surface area (Å²) in [5.74, 6) is 0.367. The predicted octanol–water partition coefficient (Wildman–Crippen LogP) is 6.43. The molecule has 2 heteroatoms. The van der Waals surface area contributed by atoms with Gasteiger partial charge in [-0.1, -0.05) is 0 Å². The molecule has 0 bridgehead atoms. The summed E-state index contributed by atoms with van der Waals surface area (Å²) in [5, 5.41) is 0. The van der Waals surface area contributed by atoms with Crippen molar-refractivity contribution >= 4 is 20.2 Å². The monoisotopic (exact) mass is 431 g/mol. The molecule has 0 aliphatic heterocycles. The molecule has 0 saturated heterocycles. The molecule has 0 heterocycles. The molecule has 2 aromatic rings. The third-order valence-corrected chi connectivity index (χ3v) is 11.3. The minimum absolute atomic E-state index is 0.367. The van der Waals surface area contributed by atoms with Gasteiger partial charge in [0.25, 0.3) is 0 Å². The topological polar surface area (TPSA) is 9.23 Å². The quantitative estimate of drug-likeness (QED) is 0.374. The van der Waals surface area contributed by atoms with E-state index in [0.29, 0.717) is 5.92 Å². The molecule has 24 heavy (non-hydrogen) atoms. The Morgan fingerprint density at radius 1 is 0.750 bits per heavy atom. The fraction of sp³-hybridized carbons (Fsp3) is 0.455. The summed E-state index contributed by atoms with van der Waals surface area (Å²) in [4.78, 5) is 0. The Balaban J connectivity index is 2.07. The fourth-order valence-corrected chi connectivity index (χ4v) is 9.93. The molecule has 0 spiro atoms. The first-order valence-electron chi connectivity index (χ1n) is 9.42. The second-order valence-corrected chi connectivity index (χ2v) is 13.2. The second-order valence-electron chi connectivity index (χ2n) is 6.43. The summed E-state index contributed by atoms with van der Waals surface area (Å²) >= 11 is -1.69. The Morgan fingerprint density at radius 3 is 1.62 bits per heavy atom. The van der Waals surface area contributed by atoms with Gasteiger partial charge in [-0.25, -0.2) is 0 Å². The van der Waals surface area contributed by atoms with E-state index in [1.807, 2.05) is 0 Å². The van der Waals surface area contributed by atoms with Gasteiger partial charge in [-0.15, -0.1) is 0 Å². The molecule has 0 amide bonds. The van der Waals surface area contributed by atoms with Crippen molar-refractivity contribution in [2.24, 2.45) is 0 Å². The maximum atomic E-state index is 6.61. The first-order chi connectivity index (χ1) is 11.8. The van der Waals surface area contributed by atoms with Crippen LogP contribution in [0.3, 0.4) is 0 Å². The van der Waals surface area contributed by atoms with Crippen molar-refractivity contribution in [1.29, 1.82) is 0 Å². The van der Waals surface area contributed by atoms with E-state index in [0.717, 1.165) is 6.61 Å². The van der Waals surface area contributed by atoms with Gasteiger partial charge in [0.1, 0.15) is 0 Å². The molecule has 0 unspecified atom stereocenters. The third-order valence-electron chi connectivity index (χ3n) is 4.48. The van der Waals surface area contributed by atoms with Crippen LogP contribution >= 0.6 is 0 Å². The van der Waals surface area contributed by atoms with Crippen LogP contribution in [0.25, 0.3) is 0 Å². The summed E-state index contributed by atoms with van der Waals surface area (Å²) in [7, 11) is 0. The molecule has 0 fully saturated rings. The number of unbranched alkanes of at least 4 members (excludes halogenated alkanes) is 2. The predicted molar refractivity (Wildman–Crippen MR) is 106 cm³/mol. The van der Waals surface area contributed by atoms with Crippen molar-refractivity contribution in [3.05, 3.63) is 71.8 Å². The van der Waals surface area contributed by atoms with Crippen molar-refractivity contribution in [2.75, 3.05) is 6.61 Å². The van der Waals surface area contributed by atoms with Crippen molar-refractivity contribution in [3.63, 3.8) is 0 Å². The van der Waals surface area contributed by atoms with E-state index < -0.39 is 20.2 Å². The molecular weight excluding hydrogens is 399 g/mol. The number of hydrogen-bond donors (Lipinski definition) is 0. The van der Waals surface area contributed by atoms with E-state index in [1.54, 1.807) is 0 Å². The second kappa shape index (κ2) is 11.7. The van der Waals surface area contributed by atoms with Gasteiger partial charge < -0.3 is 0 Å². The van der Waals surface area contributed by atoms with E-state index in [1.165, 1.54) is 45.7 Å². The number of rotatable bonds is 11. The average Bonchev–Trinajstić information content (AvgIpc) is 2.65. The van der Waals surface area contributed by atoms with Crippen LogP contribution < -0.4 is 0 Å². The molecular formula is C22H31OSn. The zero-order valence-electron chi connectivity index (χ0n) is 15.2. The van der Waals surface area contributed by atoms with Gasteiger partial charge >= 0.3 is 156 Å². The van der Waals surface area contributed by atoms with Crippen molar-refractivity contribution < 1.29 is 3.07 Å². The van der Waals surface area contributed by atoms with Crippen LogP contribution in [0.15, 0.2) is 60.7 Å². The normalized spacial score (nSPS) is 11.3. The van der Waals surface area contributed by atoms with E-state index in [9.17, 15) is 0 Å². The van der Waals surface area contributed by atoms with Gasteiger partial charge in [0.15, 0.2) is 0 Å². The molecule has 0 aliphatic rings. The molecule has 2 aromatic carbocycles. The van der Waals surface area contributed by atoms with Crippen LogP contribution in [0, 0.1) is 0 Å². The van der Waals surface area contributed by atoms with Crippen molar-refractivity contribution in [1.82, 2.24) is 0 Å². The Kier molecular flexibility index (Phi) is 9.52. The van der Waals surface area contributed by atoms with Gasteiger partial charge in [-0.3, -0.25) is 0 Å². The van der Waals surface area contributed by atoms with Crippen LogP contribution in [-0.2, 0) is 3.07 Å². The van der Waals surface area contributed by atoms with Crippen LogP contribution in [-0.4, -0.2) is 26.8 Å². The Bertz CT molecular complexity index is 493. The first kappa shape index (κ1) is 19.5. The van der Waals surface area contributed by atoms with Gasteiger partial charge in [-0.05, 0) is 0 Å². The van der Waals surface area contributed by atoms with E-state index in [-0.39, 0.29) is 0 Å². The summed E-state index contributed by atoms with van der Waals surface area (Å²) in [6.07, 6.45) is 5.28. The fourth-order valence-electron chi connectivity index (χ4n) is 2.97. The standard InChI is InChI=1S/C14H13O.2C4H9.Sn/c15-11-14(12-7-3-1-4-8-12)13-9-5-2-6-10-13;2*1-3-4-2;/h1-10,14H,11H2;2*1,3-4H2,2H3;/q-1;;;+1. The van der Waals surface area contributed by atoms with Crippen LogP contribution in [0.5, 0.6) is 0 Å². The van der Waals surface area contributed by atoms with Gasteiger partial charge in [0.05, 0.1) is 0 Å². The zero-order valence-corrected chi connectivity index (χ0v) is 18.1. The third kappa shape index (κ3) is 6.60. The molecule has 1 nitrogen and oxygen atoms in total. The van der Waals surface area contributed by atoms with Gasteiger partial charge in [0, 0.05) is 0 Å². The molecule has 0 atom stereocenters. The first-order valence-corrected chi connectivity index (χ1v) is 14.6. The van der Waals surface area contributed by atoms with E-state index >= 15 is 0 Å². The Labute approximate surface area is 155 Å². The average molecular weight is 430 g/mol. The van der Waals surface area contributed by atoms with Crippen LogP contribution in [0.2, 0.25) is 8.87 Å². The SMILES string of the molecule is CCC[CH2][Sn]([CH2]CCC)[O]CC(c1ccccc1)c1ccccc1. The van der Waals surface area contributed by atoms with Crippen molar-refractivity contribution in [3.8, 4) is 0 Å². The number of benzene rings is 2. The van der Waals surface area contributed by atoms with E-state index in [2.05, 4.69) is 74.5 Å². The Hall–Kier alpha value is -0.801. The van der Waals surface area contributed by atoms with Crippen LogP contribution in [0.1, 0.15) is 56.6 Å². The molecule has 129 valence electrons. The molecule has 0 aromatic heterocycles.